The highest BCUT2D eigenvalue weighted by atomic mass is 32.1. The van der Waals surface area contributed by atoms with Crippen molar-refractivity contribution in [3.63, 3.8) is 0 Å². The van der Waals surface area contributed by atoms with Crippen LogP contribution in [0, 0.1) is 0 Å². The van der Waals surface area contributed by atoms with Gasteiger partial charge in [0.15, 0.2) is 5.82 Å². The molecular weight excluding hydrogens is 294 g/mol. The van der Waals surface area contributed by atoms with E-state index in [0.29, 0.717) is 0 Å². The molecule has 20 heavy (non-hydrogen) atoms. The highest BCUT2D eigenvalue weighted by Gasteiger charge is 2.26. The van der Waals surface area contributed by atoms with Gasteiger partial charge < -0.3 is 10.5 Å². The minimum atomic E-state index is -0.195. The van der Waals surface area contributed by atoms with Crippen molar-refractivity contribution >= 4 is 27.6 Å². The molecule has 3 aromatic rings. The number of fused-ring (bicyclic) bond motifs is 1. The molecule has 0 aliphatic carbocycles. The molecule has 8 heteroatoms. The second kappa shape index (κ2) is 4.88. The number of nitrogens with two attached hydrogens (primary N) is 1. The van der Waals surface area contributed by atoms with E-state index >= 15 is 0 Å². The largest absolute Gasteiger partial charge is 0.370 e. The summed E-state index contributed by atoms with van der Waals surface area (Å²) in [7, 11) is 0. The molecule has 0 saturated carbocycles. The molecule has 0 amide bonds. The van der Waals surface area contributed by atoms with E-state index in [-0.39, 0.29) is 12.1 Å². The third-order valence-corrected chi connectivity index (χ3v) is 5.30. The third kappa shape index (κ3) is 1.96. The van der Waals surface area contributed by atoms with Crippen molar-refractivity contribution in [3.8, 4) is 0 Å². The van der Waals surface area contributed by atoms with Gasteiger partial charge in [-0.2, -0.15) is 9.61 Å². The van der Waals surface area contributed by atoms with Gasteiger partial charge in [0.2, 0.25) is 4.96 Å². The molecule has 0 spiro atoms. The average Bonchev–Trinajstić information content (AvgIpc) is 3.20. The van der Waals surface area contributed by atoms with E-state index < -0.39 is 0 Å². The summed E-state index contributed by atoms with van der Waals surface area (Å²) in [6.07, 6.45) is 2.05. The van der Waals surface area contributed by atoms with Gasteiger partial charge in [0.25, 0.3) is 0 Å². The average molecular weight is 307 g/mol. The van der Waals surface area contributed by atoms with Crippen molar-refractivity contribution < 1.29 is 4.74 Å². The Bertz CT molecular complexity index is 713. The van der Waals surface area contributed by atoms with E-state index in [9.17, 15) is 0 Å². The molecule has 0 radical (unpaired) electrons. The molecule has 0 aromatic carbocycles. The summed E-state index contributed by atoms with van der Waals surface area (Å²) in [5, 5.41) is 15.8. The smallest absolute Gasteiger partial charge is 0.234 e. The van der Waals surface area contributed by atoms with Crippen molar-refractivity contribution in [3.05, 3.63) is 33.2 Å². The van der Waals surface area contributed by atoms with E-state index in [1.165, 1.54) is 11.3 Å². The van der Waals surface area contributed by atoms with Crippen LogP contribution in [0.1, 0.15) is 40.7 Å². The van der Waals surface area contributed by atoms with E-state index in [2.05, 4.69) is 15.3 Å². The first-order chi connectivity index (χ1) is 9.83. The Hall–Kier alpha value is -1.35. The van der Waals surface area contributed by atoms with Crippen molar-refractivity contribution in [2.24, 2.45) is 5.73 Å². The van der Waals surface area contributed by atoms with Crippen LogP contribution in [0.2, 0.25) is 0 Å². The van der Waals surface area contributed by atoms with E-state index in [1.807, 2.05) is 17.5 Å². The maximum atomic E-state index is 6.25. The minimum absolute atomic E-state index is 0.0120. The van der Waals surface area contributed by atoms with Crippen LogP contribution in [0.15, 0.2) is 17.5 Å². The first kappa shape index (κ1) is 12.4. The fourth-order valence-corrected chi connectivity index (χ4v) is 4.01. The lowest BCUT2D eigenvalue weighted by Crippen LogP contribution is -2.11. The summed E-state index contributed by atoms with van der Waals surface area (Å²) in [5.74, 6) is 0.790. The molecule has 1 aliphatic heterocycles. The number of hydrogen-bond donors (Lipinski definition) is 1. The van der Waals surface area contributed by atoms with Crippen LogP contribution in [0.5, 0.6) is 0 Å². The van der Waals surface area contributed by atoms with Crippen LogP contribution >= 0.6 is 22.7 Å². The fourth-order valence-electron chi connectivity index (χ4n) is 2.34. The quantitative estimate of drug-likeness (QED) is 0.802. The van der Waals surface area contributed by atoms with E-state index in [1.54, 1.807) is 15.9 Å². The van der Waals surface area contributed by atoms with Crippen LogP contribution in [0.25, 0.3) is 4.96 Å². The number of thiophene rings is 1. The van der Waals surface area contributed by atoms with E-state index in [4.69, 9.17) is 10.5 Å². The zero-order valence-corrected chi connectivity index (χ0v) is 12.2. The Morgan fingerprint density at radius 2 is 2.40 bits per heavy atom. The number of hydrogen-bond acceptors (Lipinski definition) is 7. The second-order valence-electron chi connectivity index (χ2n) is 4.69. The summed E-state index contributed by atoms with van der Waals surface area (Å²) in [6.45, 7) is 0.783. The fraction of sp³-hybridized carbons (Fsp3) is 0.417. The van der Waals surface area contributed by atoms with Crippen molar-refractivity contribution in [1.82, 2.24) is 19.8 Å². The molecule has 4 heterocycles. The molecule has 2 atom stereocenters. The zero-order valence-electron chi connectivity index (χ0n) is 10.6. The Morgan fingerprint density at radius 3 is 3.15 bits per heavy atom. The molecule has 1 saturated heterocycles. The molecule has 2 N–H and O–H groups in total. The Kier molecular flexibility index (Phi) is 3.03. The molecule has 3 aromatic heterocycles. The maximum Gasteiger partial charge on any atom is 0.234 e. The summed E-state index contributed by atoms with van der Waals surface area (Å²) >= 11 is 3.13. The number of rotatable bonds is 3. The van der Waals surface area contributed by atoms with Crippen molar-refractivity contribution in [2.45, 2.75) is 25.0 Å². The van der Waals surface area contributed by atoms with Gasteiger partial charge in [-0.25, -0.2) is 0 Å². The van der Waals surface area contributed by atoms with E-state index in [0.717, 1.165) is 40.1 Å². The Morgan fingerprint density at radius 1 is 1.45 bits per heavy atom. The van der Waals surface area contributed by atoms with Crippen LogP contribution in [0.3, 0.4) is 0 Å². The molecule has 1 fully saturated rings. The van der Waals surface area contributed by atoms with Gasteiger partial charge in [-0.1, -0.05) is 17.4 Å². The summed E-state index contributed by atoms with van der Waals surface area (Å²) in [4.78, 5) is 1.88. The van der Waals surface area contributed by atoms with Gasteiger partial charge in [-0.15, -0.1) is 21.5 Å². The van der Waals surface area contributed by atoms with Crippen LogP contribution in [-0.2, 0) is 4.74 Å². The Balaban J connectivity index is 1.72. The Labute approximate surface area is 123 Å². The zero-order chi connectivity index (χ0) is 13.5. The van der Waals surface area contributed by atoms with Gasteiger partial charge in [0.1, 0.15) is 11.1 Å². The molecule has 1 aliphatic rings. The molecule has 6 nitrogen and oxygen atoms in total. The first-order valence-corrected chi connectivity index (χ1v) is 8.15. The van der Waals surface area contributed by atoms with Gasteiger partial charge in [0, 0.05) is 11.5 Å². The van der Waals surface area contributed by atoms with Gasteiger partial charge in [-0.3, -0.25) is 0 Å². The first-order valence-electron chi connectivity index (χ1n) is 6.45. The lowest BCUT2D eigenvalue weighted by atomic mass is 10.2. The predicted molar refractivity (Wildman–Crippen MR) is 76.9 cm³/mol. The van der Waals surface area contributed by atoms with Crippen molar-refractivity contribution in [1.29, 1.82) is 0 Å². The molecule has 104 valence electrons. The number of ether oxygens (including phenoxy) is 1. The topological polar surface area (TPSA) is 78.3 Å². The monoisotopic (exact) mass is 307 g/mol. The van der Waals surface area contributed by atoms with Crippen LogP contribution in [-0.4, -0.2) is 26.4 Å². The standard InChI is InChI=1S/C12H13N5OS2/c13-9(8-4-2-6-19-8)11-16-17-10(7-3-1-5-18-7)14-15-12(17)20-11/h2,4,6-7,9H,1,3,5,13H2. The summed E-state index contributed by atoms with van der Waals surface area (Å²) in [5.41, 5.74) is 6.25. The van der Waals surface area contributed by atoms with Gasteiger partial charge in [-0.05, 0) is 24.3 Å². The number of nitrogens with zero attached hydrogens (tertiary/aromatic N) is 4. The lowest BCUT2D eigenvalue weighted by Gasteiger charge is -2.05. The van der Waals surface area contributed by atoms with Crippen LogP contribution < -0.4 is 5.73 Å². The normalized spacial score (nSPS) is 20.8. The highest BCUT2D eigenvalue weighted by molar-refractivity contribution is 7.17. The predicted octanol–water partition coefficient (Wildman–Crippen LogP) is 2.15. The highest BCUT2D eigenvalue weighted by Crippen LogP contribution is 2.31. The maximum absolute atomic E-state index is 6.25. The van der Waals surface area contributed by atoms with Crippen LogP contribution in [0.4, 0.5) is 0 Å². The number of aromatic nitrogens is 4. The molecule has 4 rings (SSSR count). The second-order valence-corrected chi connectivity index (χ2v) is 6.65. The SMILES string of the molecule is NC(c1cccs1)c1nn2c(C3CCCO3)nnc2s1. The molecular formula is C12H13N5OS2. The molecule has 2 unspecified atom stereocenters. The summed E-state index contributed by atoms with van der Waals surface area (Å²) in [6, 6.07) is 3.83. The van der Waals surface area contributed by atoms with Gasteiger partial charge >= 0.3 is 0 Å². The van der Waals surface area contributed by atoms with Crippen molar-refractivity contribution in [2.75, 3.05) is 6.61 Å². The third-order valence-electron chi connectivity index (χ3n) is 3.36. The minimum Gasteiger partial charge on any atom is -0.370 e. The summed E-state index contributed by atoms with van der Waals surface area (Å²) < 4.78 is 7.44. The lowest BCUT2D eigenvalue weighted by molar-refractivity contribution is 0.103. The molecule has 0 bridgehead atoms. The van der Waals surface area contributed by atoms with Gasteiger partial charge in [0.05, 0.1) is 6.04 Å².